The van der Waals surface area contributed by atoms with Crippen LogP contribution in [0.4, 0.5) is 4.39 Å². The number of hydrogen-bond acceptors (Lipinski definition) is 3. The Hall–Kier alpha value is -2.18. The summed E-state index contributed by atoms with van der Waals surface area (Å²) in [7, 11) is 0. The highest BCUT2D eigenvalue weighted by Crippen LogP contribution is 2.22. The summed E-state index contributed by atoms with van der Waals surface area (Å²) in [6, 6.07) is 11.2. The molecular weight excluding hydrogens is 325 g/mol. The van der Waals surface area contributed by atoms with Gasteiger partial charge < -0.3 is 10.5 Å². The lowest BCUT2D eigenvalue weighted by Gasteiger charge is -2.09. The summed E-state index contributed by atoms with van der Waals surface area (Å²) in [5.41, 5.74) is 9.26. The summed E-state index contributed by atoms with van der Waals surface area (Å²) in [6.45, 7) is 0.297. The Morgan fingerprint density at radius 3 is 2.73 bits per heavy atom. The first-order valence-corrected chi connectivity index (χ1v) is 7.08. The molecule has 0 spiro atoms. The maximum Gasteiger partial charge on any atom is 0.184 e. The van der Waals surface area contributed by atoms with Crippen LogP contribution in [-0.2, 0) is 6.61 Å². The van der Waals surface area contributed by atoms with Crippen LogP contribution in [0, 0.1) is 5.82 Å². The third-order valence-electron chi connectivity index (χ3n) is 2.66. The van der Waals surface area contributed by atoms with Crippen LogP contribution in [0.3, 0.4) is 0 Å². The van der Waals surface area contributed by atoms with Crippen molar-refractivity contribution in [2.75, 3.05) is 0 Å². The minimum Gasteiger partial charge on any atom is -0.488 e. The summed E-state index contributed by atoms with van der Waals surface area (Å²) < 4.78 is 18.6. The summed E-state index contributed by atoms with van der Waals surface area (Å²) in [5, 5.41) is 4.49. The van der Waals surface area contributed by atoms with Crippen molar-refractivity contribution in [1.29, 1.82) is 0 Å². The molecule has 0 aliphatic carbocycles. The molecule has 2 aromatic carbocycles. The highest BCUT2D eigenvalue weighted by molar-refractivity contribution is 7.80. The molecule has 7 heteroatoms. The number of hydrazone groups is 1. The SMILES string of the molecule is NC(=S)N/N=C/c1cc(Cl)ccc1OCc1ccc(F)cc1. The molecule has 22 heavy (non-hydrogen) atoms. The predicted molar refractivity (Wildman–Crippen MR) is 89.7 cm³/mol. The lowest BCUT2D eigenvalue weighted by molar-refractivity contribution is 0.305. The second kappa shape index (κ2) is 7.72. The van der Waals surface area contributed by atoms with Gasteiger partial charge in [0.05, 0.1) is 6.21 Å². The number of nitrogens with zero attached hydrogens (tertiary/aromatic N) is 1. The third kappa shape index (κ3) is 4.98. The quantitative estimate of drug-likeness (QED) is 0.499. The zero-order chi connectivity index (χ0) is 15.9. The topological polar surface area (TPSA) is 59.6 Å². The van der Waals surface area contributed by atoms with Gasteiger partial charge in [-0.15, -0.1) is 0 Å². The smallest absolute Gasteiger partial charge is 0.184 e. The summed E-state index contributed by atoms with van der Waals surface area (Å²) in [4.78, 5) is 0. The molecule has 0 aromatic heterocycles. The van der Waals surface area contributed by atoms with Gasteiger partial charge in [0.2, 0.25) is 0 Å². The van der Waals surface area contributed by atoms with Crippen molar-refractivity contribution in [3.8, 4) is 5.75 Å². The fourth-order valence-electron chi connectivity index (χ4n) is 1.66. The van der Waals surface area contributed by atoms with Crippen LogP contribution in [0.25, 0.3) is 0 Å². The first-order chi connectivity index (χ1) is 10.5. The van der Waals surface area contributed by atoms with Crippen LogP contribution >= 0.6 is 23.8 Å². The largest absolute Gasteiger partial charge is 0.488 e. The normalized spacial score (nSPS) is 10.6. The van der Waals surface area contributed by atoms with Gasteiger partial charge in [-0.05, 0) is 48.1 Å². The molecule has 0 aliphatic heterocycles. The molecule has 4 nitrogen and oxygen atoms in total. The zero-order valence-corrected chi connectivity index (χ0v) is 13.0. The van der Waals surface area contributed by atoms with Crippen molar-refractivity contribution >= 4 is 35.1 Å². The Morgan fingerprint density at radius 2 is 2.05 bits per heavy atom. The van der Waals surface area contributed by atoms with E-state index in [4.69, 9.17) is 22.1 Å². The number of rotatable bonds is 5. The Labute approximate surface area is 137 Å². The number of nitrogens with one attached hydrogen (secondary N) is 1. The minimum absolute atomic E-state index is 0.0621. The first kappa shape index (κ1) is 16.2. The van der Waals surface area contributed by atoms with Crippen LogP contribution in [0.15, 0.2) is 47.6 Å². The number of nitrogens with two attached hydrogens (primary N) is 1. The van der Waals surface area contributed by atoms with Gasteiger partial charge in [-0.1, -0.05) is 23.7 Å². The molecule has 2 aromatic rings. The van der Waals surface area contributed by atoms with Crippen LogP contribution in [-0.4, -0.2) is 11.3 Å². The van der Waals surface area contributed by atoms with Crippen molar-refractivity contribution in [2.45, 2.75) is 6.61 Å². The number of ether oxygens (including phenoxy) is 1. The third-order valence-corrected chi connectivity index (χ3v) is 2.98. The van der Waals surface area contributed by atoms with E-state index in [0.717, 1.165) is 5.56 Å². The van der Waals surface area contributed by atoms with Gasteiger partial charge in [-0.2, -0.15) is 5.10 Å². The molecule has 0 saturated carbocycles. The van der Waals surface area contributed by atoms with Gasteiger partial charge in [-0.25, -0.2) is 4.39 Å². The van der Waals surface area contributed by atoms with E-state index < -0.39 is 0 Å². The molecule has 3 N–H and O–H groups in total. The van der Waals surface area contributed by atoms with E-state index in [2.05, 4.69) is 22.7 Å². The fraction of sp³-hybridized carbons (Fsp3) is 0.0667. The lowest BCUT2D eigenvalue weighted by atomic mass is 10.2. The average molecular weight is 338 g/mol. The van der Waals surface area contributed by atoms with Gasteiger partial charge in [0.15, 0.2) is 5.11 Å². The van der Waals surface area contributed by atoms with E-state index in [1.165, 1.54) is 18.3 Å². The van der Waals surface area contributed by atoms with Crippen LogP contribution in [0.2, 0.25) is 5.02 Å². The molecule has 0 radical (unpaired) electrons. The molecule has 0 aliphatic rings. The standard InChI is InChI=1S/C15H13ClFN3OS/c16-12-3-6-14(11(7-12)8-19-20-15(18)22)21-9-10-1-4-13(17)5-2-10/h1-8H,9H2,(H3,18,20,22)/b19-8+. The van der Waals surface area contributed by atoms with Gasteiger partial charge in [0.1, 0.15) is 18.2 Å². The first-order valence-electron chi connectivity index (χ1n) is 6.30. The van der Waals surface area contributed by atoms with Crippen LogP contribution < -0.4 is 15.9 Å². The molecule has 114 valence electrons. The molecule has 0 fully saturated rings. The number of halogens is 2. The molecule has 0 bridgehead atoms. The summed E-state index contributed by atoms with van der Waals surface area (Å²) in [6.07, 6.45) is 1.50. The molecule has 2 rings (SSSR count). The van der Waals surface area contributed by atoms with E-state index in [0.29, 0.717) is 22.9 Å². The van der Waals surface area contributed by atoms with Gasteiger partial charge in [0, 0.05) is 10.6 Å². The summed E-state index contributed by atoms with van der Waals surface area (Å²) in [5.74, 6) is 0.300. The number of benzene rings is 2. The molecular formula is C15H13ClFN3OS. The zero-order valence-electron chi connectivity index (χ0n) is 11.4. The van der Waals surface area contributed by atoms with Crippen LogP contribution in [0.5, 0.6) is 5.75 Å². The Bertz CT molecular complexity index is 692. The number of thiocarbonyl (C=S) groups is 1. The van der Waals surface area contributed by atoms with E-state index >= 15 is 0 Å². The average Bonchev–Trinajstić information content (AvgIpc) is 2.48. The molecule has 0 atom stereocenters. The van der Waals surface area contributed by atoms with Gasteiger partial charge in [0.25, 0.3) is 0 Å². The fourth-order valence-corrected chi connectivity index (χ4v) is 1.89. The van der Waals surface area contributed by atoms with E-state index in [9.17, 15) is 4.39 Å². The van der Waals surface area contributed by atoms with Crippen molar-refractivity contribution in [3.05, 3.63) is 64.4 Å². The van der Waals surface area contributed by atoms with Crippen molar-refractivity contribution in [3.63, 3.8) is 0 Å². The molecule has 0 saturated heterocycles. The second-order valence-electron chi connectivity index (χ2n) is 4.33. The number of hydrogen-bond donors (Lipinski definition) is 2. The monoisotopic (exact) mass is 337 g/mol. The highest BCUT2D eigenvalue weighted by atomic mass is 35.5. The second-order valence-corrected chi connectivity index (χ2v) is 5.21. The predicted octanol–water partition coefficient (Wildman–Crippen LogP) is 3.23. The van der Waals surface area contributed by atoms with E-state index in [1.807, 2.05) is 0 Å². The lowest BCUT2D eigenvalue weighted by Crippen LogP contribution is -2.24. The van der Waals surface area contributed by atoms with E-state index in [1.54, 1.807) is 30.3 Å². The molecule has 0 heterocycles. The van der Waals surface area contributed by atoms with E-state index in [-0.39, 0.29) is 10.9 Å². The maximum atomic E-state index is 12.9. The Balaban J connectivity index is 2.10. The maximum absolute atomic E-state index is 12.9. The molecule has 0 amide bonds. The minimum atomic E-state index is -0.285. The Kier molecular flexibility index (Phi) is 5.68. The van der Waals surface area contributed by atoms with Gasteiger partial charge >= 0.3 is 0 Å². The van der Waals surface area contributed by atoms with Crippen LogP contribution in [0.1, 0.15) is 11.1 Å². The Morgan fingerprint density at radius 1 is 1.32 bits per heavy atom. The van der Waals surface area contributed by atoms with Crippen molar-refractivity contribution in [1.82, 2.24) is 5.43 Å². The molecule has 0 unspecified atom stereocenters. The summed E-state index contributed by atoms with van der Waals surface area (Å²) >= 11 is 10.6. The highest BCUT2D eigenvalue weighted by Gasteiger charge is 2.04. The van der Waals surface area contributed by atoms with Crippen molar-refractivity contribution in [2.24, 2.45) is 10.8 Å². The van der Waals surface area contributed by atoms with Gasteiger partial charge in [-0.3, -0.25) is 5.43 Å². The van der Waals surface area contributed by atoms with Crippen molar-refractivity contribution < 1.29 is 9.13 Å².